The van der Waals surface area contributed by atoms with Crippen molar-refractivity contribution < 1.29 is 0 Å². The van der Waals surface area contributed by atoms with Gasteiger partial charge in [0.15, 0.2) is 0 Å². The summed E-state index contributed by atoms with van der Waals surface area (Å²) in [5.41, 5.74) is 1.64. The maximum atomic E-state index is 2.55. The molecule has 0 radical (unpaired) electrons. The van der Waals surface area contributed by atoms with Crippen LogP contribution in [0.4, 0.5) is 0 Å². The second kappa shape index (κ2) is 2.04. The molecule has 0 heteroatoms. The fourth-order valence-electron chi connectivity index (χ4n) is 3.60. The number of rotatable bonds is 0. The van der Waals surface area contributed by atoms with Crippen LogP contribution in [0.3, 0.4) is 0 Å². The maximum Gasteiger partial charge on any atom is -0.0128 e. The van der Waals surface area contributed by atoms with Gasteiger partial charge in [-0.05, 0) is 42.9 Å². The maximum absolute atomic E-state index is 2.55. The number of hydrogen-bond donors (Lipinski definition) is 0. The van der Waals surface area contributed by atoms with E-state index in [2.05, 4.69) is 32.1 Å². The van der Waals surface area contributed by atoms with Crippen LogP contribution in [0.25, 0.3) is 0 Å². The SMILES string of the molecule is CC1=C[C@H]2[C@@H]([C@H]3C=C[C@H]2C3)[C@H]1C. The van der Waals surface area contributed by atoms with Crippen molar-refractivity contribution in [2.24, 2.45) is 29.6 Å². The third-order valence-electron chi connectivity index (χ3n) is 4.33. The molecule has 0 aromatic rings. The molecule has 3 rings (SSSR count). The van der Waals surface area contributed by atoms with Crippen molar-refractivity contribution in [1.29, 1.82) is 0 Å². The van der Waals surface area contributed by atoms with Crippen molar-refractivity contribution in [3.63, 3.8) is 0 Å². The van der Waals surface area contributed by atoms with E-state index in [1.54, 1.807) is 5.57 Å². The van der Waals surface area contributed by atoms with Gasteiger partial charge in [0.05, 0.1) is 0 Å². The van der Waals surface area contributed by atoms with Crippen molar-refractivity contribution >= 4 is 0 Å². The van der Waals surface area contributed by atoms with Crippen LogP contribution in [0, 0.1) is 29.6 Å². The molecule has 0 aromatic carbocycles. The molecule has 0 amide bonds. The van der Waals surface area contributed by atoms with Crippen LogP contribution in [0.2, 0.25) is 0 Å². The van der Waals surface area contributed by atoms with Crippen LogP contribution in [0.15, 0.2) is 23.8 Å². The van der Waals surface area contributed by atoms with Gasteiger partial charge < -0.3 is 0 Å². The van der Waals surface area contributed by atoms with Gasteiger partial charge in [0.2, 0.25) is 0 Å². The molecule has 1 fully saturated rings. The quantitative estimate of drug-likeness (QED) is 0.478. The summed E-state index contributed by atoms with van der Waals surface area (Å²) in [6.07, 6.45) is 8.91. The average Bonchev–Trinajstić information content (AvgIpc) is 2.66. The zero-order chi connectivity index (χ0) is 8.29. The molecule has 0 heterocycles. The Balaban J connectivity index is 2.01. The molecule has 12 heavy (non-hydrogen) atoms. The average molecular weight is 160 g/mol. The summed E-state index contributed by atoms with van der Waals surface area (Å²) in [5, 5.41) is 0. The van der Waals surface area contributed by atoms with Gasteiger partial charge in [0.1, 0.15) is 0 Å². The first-order chi connectivity index (χ1) is 5.77. The minimum Gasteiger partial charge on any atom is -0.0848 e. The molecule has 0 unspecified atom stereocenters. The Morgan fingerprint density at radius 3 is 2.75 bits per heavy atom. The molecule has 0 spiro atoms. The van der Waals surface area contributed by atoms with E-state index in [4.69, 9.17) is 0 Å². The van der Waals surface area contributed by atoms with Crippen LogP contribution in [0.1, 0.15) is 20.3 Å². The van der Waals surface area contributed by atoms with E-state index in [-0.39, 0.29) is 0 Å². The normalized spacial score (nSPS) is 54.5. The van der Waals surface area contributed by atoms with E-state index in [0.717, 1.165) is 29.6 Å². The van der Waals surface area contributed by atoms with Crippen LogP contribution in [0.5, 0.6) is 0 Å². The van der Waals surface area contributed by atoms with Gasteiger partial charge in [-0.15, -0.1) is 0 Å². The fourth-order valence-corrected chi connectivity index (χ4v) is 3.60. The number of fused-ring (bicyclic) bond motifs is 5. The zero-order valence-corrected chi connectivity index (χ0v) is 7.83. The van der Waals surface area contributed by atoms with Crippen molar-refractivity contribution in [2.75, 3.05) is 0 Å². The van der Waals surface area contributed by atoms with E-state index < -0.39 is 0 Å². The van der Waals surface area contributed by atoms with Crippen LogP contribution < -0.4 is 0 Å². The minimum atomic E-state index is 0.856. The lowest BCUT2D eigenvalue weighted by molar-refractivity contribution is 0.320. The Kier molecular flexibility index (Phi) is 1.18. The first-order valence-corrected chi connectivity index (χ1v) is 5.14. The van der Waals surface area contributed by atoms with Crippen LogP contribution in [-0.2, 0) is 0 Å². The zero-order valence-electron chi connectivity index (χ0n) is 7.83. The van der Waals surface area contributed by atoms with Gasteiger partial charge in [-0.1, -0.05) is 30.7 Å². The third kappa shape index (κ3) is 0.646. The van der Waals surface area contributed by atoms with Gasteiger partial charge >= 0.3 is 0 Å². The summed E-state index contributed by atoms with van der Waals surface area (Å²) in [6.45, 7) is 4.72. The standard InChI is InChI=1S/C12H16/c1-7-5-11-9-3-4-10(6-9)12(11)8(7)2/h3-5,8-12H,6H2,1-2H3/t8-,9-,10-,11+,12+/m0/s1. The molecule has 0 aliphatic heterocycles. The van der Waals surface area contributed by atoms with Crippen molar-refractivity contribution in [3.05, 3.63) is 23.8 Å². The Morgan fingerprint density at radius 1 is 1.25 bits per heavy atom. The highest BCUT2D eigenvalue weighted by Gasteiger charge is 2.48. The lowest BCUT2D eigenvalue weighted by Gasteiger charge is -2.24. The summed E-state index contributed by atoms with van der Waals surface area (Å²) >= 11 is 0. The Bertz CT molecular complexity index is 272. The highest BCUT2D eigenvalue weighted by atomic mass is 14.5. The predicted octanol–water partition coefficient (Wildman–Crippen LogP) is 3.02. The number of allylic oxidation sites excluding steroid dienone is 4. The molecule has 1 saturated carbocycles. The summed E-state index contributed by atoms with van der Waals surface area (Å²) in [7, 11) is 0. The smallest absolute Gasteiger partial charge is 0.0128 e. The van der Waals surface area contributed by atoms with E-state index in [0.29, 0.717) is 0 Å². The molecule has 5 atom stereocenters. The molecular formula is C12H16. The summed E-state index contributed by atoms with van der Waals surface area (Å²) in [5.74, 6) is 4.56. The van der Waals surface area contributed by atoms with Gasteiger partial charge in [0.25, 0.3) is 0 Å². The lowest BCUT2D eigenvalue weighted by atomic mass is 9.80. The van der Waals surface area contributed by atoms with E-state index >= 15 is 0 Å². The molecule has 0 N–H and O–H groups in total. The van der Waals surface area contributed by atoms with Crippen molar-refractivity contribution in [3.8, 4) is 0 Å². The first kappa shape index (κ1) is 6.94. The van der Waals surface area contributed by atoms with Crippen LogP contribution in [-0.4, -0.2) is 0 Å². The molecule has 64 valence electrons. The molecule has 3 aliphatic rings. The fraction of sp³-hybridized carbons (Fsp3) is 0.667. The molecular weight excluding hydrogens is 144 g/mol. The molecule has 3 aliphatic carbocycles. The highest BCUT2D eigenvalue weighted by Crippen LogP contribution is 2.56. The third-order valence-corrected chi connectivity index (χ3v) is 4.33. The molecule has 2 bridgehead atoms. The van der Waals surface area contributed by atoms with E-state index in [9.17, 15) is 0 Å². The predicted molar refractivity (Wildman–Crippen MR) is 50.6 cm³/mol. The molecule has 0 saturated heterocycles. The van der Waals surface area contributed by atoms with Crippen molar-refractivity contribution in [2.45, 2.75) is 20.3 Å². The van der Waals surface area contributed by atoms with Gasteiger partial charge in [-0.3, -0.25) is 0 Å². The number of hydrogen-bond acceptors (Lipinski definition) is 0. The largest absolute Gasteiger partial charge is 0.0848 e. The Morgan fingerprint density at radius 2 is 2.00 bits per heavy atom. The second-order valence-corrected chi connectivity index (χ2v) is 4.80. The van der Waals surface area contributed by atoms with Gasteiger partial charge in [-0.25, -0.2) is 0 Å². The van der Waals surface area contributed by atoms with E-state index in [1.807, 2.05) is 0 Å². The van der Waals surface area contributed by atoms with Gasteiger partial charge in [0, 0.05) is 0 Å². The molecule has 0 nitrogen and oxygen atoms in total. The summed E-state index contributed by atoms with van der Waals surface area (Å²) in [6, 6.07) is 0. The lowest BCUT2D eigenvalue weighted by Crippen LogP contribution is -2.19. The molecule has 0 aromatic heterocycles. The second-order valence-electron chi connectivity index (χ2n) is 4.80. The highest BCUT2D eigenvalue weighted by molar-refractivity contribution is 5.27. The Hall–Kier alpha value is -0.520. The van der Waals surface area contributed by atoms with E-state index in [1.165, 1.54) is 6.42 Å². The van der Waals surface area contributed by atoms with Gasteiger partial charge in [-0.2, -0.15) is 0 Å². The summed E-state index contributed by atoms with van der Waals surface area (Å²) in [4.78, 5) is 0. The monoisotopic (exact) mass is 160 g/mol. The van der Waals surface area contributed by atoms with Crippen molar-refractivity contribution in [1.82, 2.24) is 0 Å². The summed E-state index contributed by atoms with van der Waals surface area (Å²) < 4.78 is 0. The minimum absolute atomic E-state index is 0.856. The topological polar surface area (TPSA) is 0 Å². The first-order valence-electron chi connectivity index (χ1n) is 5.14. The Labute approximate surface area is 74.4 Å². The van der Waals surface area contributed by atoms with Crippen LogP contribution >= 0.6 is 0 Å².